The molecule has 13 heteroatoms. The minimum absolute atomic E-state index is 0.0239. The lowest BCUT2D eigenvalue weighted by Gasteiger charge is -2.35. The van der Waals surface area contributed by atoms with E-state index in [-0.39, 0.29) is 58.5 Å². The predicted octanol–water partition coefficient (Wildman–Crippen LogP) is 3.00. The van der Waals surface area contributed by atoms with E-state index >= 15 is 0 Å². The molecule has 3 N–H and O–H groups in total. The highest BCUT2D eigenvalue weighted by Gasteiger charge is 2.44. The number of ether oxygens (including phenoxy) is 3. The van der Waals surface area contributed by atoms with Gasteiger partial charge in [0, 0.05) is 19.5 Å². The number of carbonyl (C=O) groups is 4. The number of nitrogens with zero attached hydrogens (tertiary/aromatic N) is 2. The molecular formula is C35H44N4O8S. The number of benzene rings is 2. The summed E-state index contributed by atoms with van der Waals surface area (Å²) >= 11 is 1.57. The summed E-state index contributed by atoms with van der Waals surface area (Å²) < 4.78 is 15.8. The maximum Gasteiger partial charge on any atom is 0.332 e. The van der Waals surface area contributed by atoms with E-state index in [1.165, 1.54) is 4.90 Å². The Morgan fingerprint density at radius 2 is 1.69 bits per heavy atom. The number of amides is 3. The minimum atomic E-state index is -0.979. The van der Waals surface area contributed by atoms with Crippen LogP contribution in [0.2, 0.25) is 0 Å². The Balaban J connectivity index is 1.22. The third-order valence-electron chi connectivity index (χ3n) is 7.78. The minimum Gasteiger partial charge on any atom is -0.459 e. The summed E-state index contributed by atoms with van der Waals surface area (Å²) in [6.07, 6.45) is -0.781. The Hall–Kier alpha value is -4.17. The molecule has 0 radical (unpaired) electrons. The van der Waals surface area contributed by atoms with Crippen LogP contribution in [0.25, 0.3) is 10.4 Å². The van der Waals surface area contributed by atoms with E-state index < -0.39 is 41.4 Å². The molecule has 1 aliphatic heterocycles. The summed E-state index contributed by atoms with van der Waals surface area (Å²) in [6.45, 7) is 7.28. The van der Waals surface area contributed by atoms with Crippen LogP contribution in [-0.4, -0.2) is 89.8 Å². The predicted molar refractivity (Wildman–Crippen MR) is 180 cm³/mol. The fraction of sp³-hybridized carbons (Fsp3) is 0.457. The molecule has 3 atom stereocenters. The number of aliphatic hydroxyl groups excluding tert-OH is 1. The van der Waals surface area contributed by atoms with Gasteiger partial charge in [0.2, 0.25) is 17.7 Å². The van der Waals surface area contributed by atoms with Crippen molar-refractivity contribution in [3.05, 3.63) is 76.9 Å². The van der Waals surface area contributed by atoms with Crippen molar-refractivity contribution < 1.29 is 38.5 Å². The summed E-state index contributed by atoms with van der Waals surface area (Å²) in [5.41, 5.74) is 4.86. The summed E-state index contributed by atoms with van der Waals surface area (Å²) in [5, 5.41) is 16.1. The van der Waals surface area contributed by atoms with Crippen LogP contribution in [0.15, 0.2) is 60.1 Å². The Morgan fingerprint density at radius 3 is 2.33 bits per heavy atom. The Labute approximate surface area is 284 Å². The first kappa shape index (κ1) is 36.7. The number of esters is 1. The average Bonchev–Trinajstić information content (AvgIpc) is 3.68. The molecule has 2 heterocycles. The molecule has 1 aliphatic rings. The van der Waals surface area contributed by atoms with Gasteiger partial charge in [0.15, 0.2) is 0 Å². The molecular weight excluding hydrogens is 636 g/mol. The van der Waals surface area contributed by atoms with Crippen molar-refractivity contribution in [2.75, 3.05) is 33.0 Å². The molecule has 12 nitrogen and oxygen atoms in total. The molecule has 3 aromatic rings. The van der Waals surface area contributed by atoms with Gasteiger partial charge in [-0.25, -0.2) is 9.78 Å². The van der Waals surface area contributed by atoms with E-state index in [2.05, 4.69) is 15.6 Å². The highest BCUT2D eigenvalue weighted by Crippen LogP contribution is 2.28. The van der Waals surface area contributed by atoms with Crippen molar-refractivity contribution in [2.45, 2.75) is 65.5 Å². The third-order valence-corrected chi connectivity index (χ3v) is 8.76. The number of rotatable bonds is 15. The molecule has 1 fully saturated rings. The van der Waals surface area contributed by atoms with Crippen LogP contribution in [0.3, 0.4) is 0 Å². The maximum absolute atomic E-state index is 13.8. The van der Waals surface area contributed by atoms with Gasteiger partial charge in [-0.15, -0.1) is 11.3 Å². The summed E-state index contributed by atoms with van der Waals surface area (Å²) in [4.78, 5) is 58.4. The van der Waals surface area contributed by atoms with Crippen LogP contribution >= 0.6 is 11.3 Å². The molecule has 1 aromatic heterocycles. The Kier molecular flexibility index (Phi) is 13.2. The van der Waals surface area contributed by atoms with Crippen LogP contribution in [-0.2, 0) is 46.5 Å². The van der Waals surface area contributed by atoms with E-state index in [1.807, 2.05) is 61.5 Å². The number of aryl methyl sites for hydroxylation is 1. The van der Waals surface area contributed by atoms with Crippen LogP contribution in [0.4, 0.5) is 0 Å². The third kappa shape index (κ3) is 10.7. The maximum atomic E-state index is 13.8. The molecule has 2 aromatic carbocycles. The van der Waals surface area contributed by atoms with Crippen LogP contribution in [0.5, 0.6) is 0 Å². The zero-order valence-corrected chi connectivity index (χ0v) is 28.6. The SMILES string of the molecule is Cc1ncsc1-c1ccc(CNC(=O)C2CC(O)CN2C(=O)C(NC(=O)COCCOCC(=O)OCc2ccccc2)C(C)(C)C)cc1. The van der Waals surface area contributed by atoms with Crippen molar-refractivity contribution >= 4 is 35.0 Å². The van der Waals surface area contributed by atoms with E-state index in [9.17, 15) is 24.3 Å². The van der Waals surface area contributed by atoms with Crippen LogP contribution in [0, 0.1) is 12.3 Å². The topological polar surface area (TPSA) is 156 Å². The number of β-amino-alcohol motifs (C(OH)–C–C–N with tert-alkyl or cyclic N) is 1. The number of hydrogen-bond acceptors (Lipinski definition) is 10. The van der Waals surface area contributed by atoms with Gasteiger partial charge in [0.05, 0.1) is 35.4 Å². The first-order chi connectivity index (χ1) is 22.9. The number of hydrogen-bond donors (Lipinski definition) is 3. The van der Waals surface area contributed by atoms with E-state index in [4.69, 9.17) is 14.2 Å². The normalized spacial score (nSPS) is 16.7. The molecule has 1 saturated heterocycles. The van der Waals surface area contributed by atoms with Gasteiger partial charge in [-0.1, -0.05) is 75.4 Å². The fourth-order valence-corrected chi connectivity index (χ4v) is 6.01. The lowest BCUT2D eigenvalue weighted by Crippen LogP contribution is -2.58. The molecule has 258 valence electrons. The second-order valence-corrected chi connectivity index (χ2v) is 13.6. The standard InChI is InChI=1S/C35H44N4O8S/c1-23-31(48-22-37-23)26-12-10-24(11-13-26)17-36-33(43)28-16-27(40)18-39(28)34(44)32(35(2,3)4)38-29(41)20-45-14-15-46-21-30(42)47-19-25-8-6-5-7-9-25/h5-13,22,27-28,32,40H,14-21H2,1-4H3,(H,36,43)(H,38,41). The molecule has 3 amide bonds. The first-order valence-corrected chi connectivity index (χ1v) is 16.7. The highest BCUT2D eigenvalue weighted by atomic mass is 32.1. The van der Waals surface area contributed by atoms with Crippen LogP contribution < -0.4 is 10.6 Å². The number of carbonyl (C=O) groups excluding carboxylic acids is 4. The fourth-order valence-electron chi connectivity index (χ4n) is 5.20. The molecule has 0 bridgehead atoms. The Bertz CT molecular complexity index is 1520. The number of thiazole rings is 1. The van der Waals surface area contributed by atoms with Crippen molar-refractivity contribution in [1.82, 2.24) is 20.5 Å². The average molecular weight is 681 g/mol. The van der Waals surface area contributed by atoms with Gasteiger partial charge in [-0.2, -0.15) is 0 Å². The molecule has 4 rings (SSSR count). The molecule has 3 unspecified atom stereocenters. The summed E-state index contributed by atoms with van der Waals surface area (Å²) in [7, 11) is 0. The highest BCUT2D eigenvalue weighted by molar-refractivity contribution is 7.13. The largest absolute Gasteiger partial charge is 0.459 e. The van der Waals surface area contributed by atoms with Crippen LogP contribution in [0.1, 0.15) is 44.0 Å². The van der Waals surface area contributed by atoms with Crippen molar-refractivity contribution in [3.63, 3.8) is 0 Å². The molecule has 0 saturated carbocycles. The number of likely N-dealkylation sites (tertiary alicyclic amines) is 1. The lowest BCUT2D eigenvalue weighted by molar-refractivity contribution is -0.151. The van der Waals surface area contributed by atoms with Gasteiger partial charge in [0.25, 0.3) is 0 Å². The van der Waals surface area contributed by atoms with Gasteiger partial charge >= 0.3 is 5.97 Å². The second kappa shape index (κ2) is 17.3. The van der Waals surface area contributed by atoms with Crippen molar-refractivity contribution in [3.8, 4) is 10.4 Å². The van der Waals surface area contributed by atoms with E-state index in [1.54, 1.807) is 37.6 Å². The summed E-state index contributed by atoms with van der Waals surface area (Å²) in [5.74, 6) is -1.88. The zero-order chi connectivity index (χ0) is 34.7. The zero-order valence-electron chi connectivity index (χ0n) is 27.8. The van der Waals surface area contributed by atoms with Crippen molar-refractivity contribution in [1.29, 1.82) is 0 Å². The monoisotopic (exact) mass is 680 g/mol. The lowest BCUT2D eigenvalue weighted by atomic mass is 9.85. The molecule has 0 spiro atoms. The molecule has 48 heavy (non-hydrogen) atoms. The van der Waals surface area contributed by atoms with Gasteiger partial charge in [-0.3, -0.25) is 14.4 Å². The smallest absolute Gasteiger partial charge is 0.332 e. The van der Waals surface area contributed by atoms with E-state index in [0.717, 1.165) is 27.3 Å². The quantitative estimate of drug-likeness (QED) is 0.162. The first-order valence-electron chi connectivity index (χ1n) is 15.8. The van der Waals surface area contributed by atoms with Gasteiger partial charge in [0.1, 0.15) is 31.9 Å². The summed E-state index contributed by atoms with van der Waals surface area (Å²) in [6, 6.07) is 15.2. The van der Waals surface area contributed by atoms with Gasteiger partial charge in [-0.05, 0) is 29.0 Å². The van der Waals surface area contributed by atoms with E-state index in [0.29, 0.717) is 0 Å². The number of aromatic nitrogens is 1. The molecule has 0 aliphatic carbocycles. The van der Waals surface area contributed by atoms with Crippen molar-refractivity contribution in [2.24, 2.45) is 5.41 Å². The number of aliphatic hydroxyl groups is 1. The second-order valence-electron chi connectivity index (χ2n) is 12.7. The Morgan fingerprint density at radius 1 is 1.00 bits per heavy atom. The van der Waals surface area contributed by atoms with Gasteiger partial charge < -0.3 is 34.9 Å². The number of nitrogens with one attached hydrogen (secondary N) is 2.